The highest BCUT2D eigenvalue weighted by molar-refractivity contribution is 9.10. The number of alkyl halides is 1. The number of carbonyl (C=O) groups is 1. The monoisotopic (exact) mass is 306 g/mol. The number of aliphatic hydroxyl groups is 1. The Balaban J connectivity index is 2.96. The minimum Gasteiger partial charge on any atom is -0.465 e. The van der Waals surface area contributed by atoms with Crippen LogP contribution in [0.2, 0.25) is 0 Å². The van der Waals surface area contributed by atoms with Crippen molar-refractivity contribution >= 4 is 21.9 Å². The highest BCUT2D eigenvalue weighted by Crippen LogP contribution is 2.20. The summed E-state index contributed by atoms with van der Waals surface area (Å²) in [5, 5.41) is 9.77. The van der Waals surface area contributed by atoms with Gasteiger partial charge >= 0.3 is 11.7 Å². The third-order valence-electron chi connectivity index (χ3n) is 1.96. The molecule has 1 aromatic heterocycles. The Bertz CT molecular complexity index is 509. The van der Waals surface area contributed by atoms with Crippen LogP contribution in [0.1, 0.15) is 18.6 Å². The molecule has 8 heteroatoms. The largest absolute Gasteiger partial charge is 0.465 e. The lowest BCUT2D eigenvalue weighted by molar-refractivity contribution is -0.144. The summed E-state index contributed by atoms with van der Waals surface area (Å²) < 4.78 is 4.68. The van der Waals surface area contributed by atoms with E-state index in [-0.39, 0.29) is 12.2 Å². The fourth-order valence-electron chi connectivity index (χ4n) is 1.15. The second kappa shape index (κ2) is 5.78. The van der Waals surface area contributed by atoms with E-state index in [1.54, 1.807) is 6.92 Å². The number of carbonyl (C=O) groups excluding carboxylic acids is 1. The third-order valence-corrected chi connectivity index (χ3v) is 2.83. The first-order chi connectivity index (χ1) is 7.97. The number of hydrogen-bond donors (Lipinski definition) is 3. The molecule has 0 bridgehead atoms. The molecule has 2 atom stereocenters. The van der Waals surface area contributed by atoms with Crippen LogP contribution in [-0.2, 0) is 9.53 Å². The van der Waals surface area contributed by atoms with Gasteiger partial charge in [-0.1, -0.05) is 15.9 Å². The lowest BCUT2D eigenvalue weighted by Gasteiger charge is -2.14. The lowest BCUT2D eigenvalue weighted by atomic mass is 10.1. The fraction of sp³-hybridized carbons (Fsp3) is 0.444. The van der Waals surface area contributed by atoms with Crippen molar-refractivity contribution in [2.75, 3.05) is 6.61 Å². The zero-order chi connectivity index (χ0) is 13.0. The smallest absolute Gasteiger partial charge is 0.325 e. The molecule has 1 aromatic rings. The molecule has 1 heterocycles. The van der Waals surface area contributed by atoms with Gasteiger partial charge in [0.25, 0.3) is 5.56 Å². The minimum atomic E-state index is -1.41. The zero-order valence-corrected chi connectivity index (χ0v) is 10.5. The van der Waals surface area contributed by atoms with Crippen molar-refractivity contribution in [3.63, 3.8) is 0 Å². The summed E-state index contributed by atoms with van der Waals surface area (Å²) in [5.41, 5.74) is -1.57. The topological polar surface area (TPSA) is 112 Å². The predicted octanol–water partition coefficient (Wildman–Crippen LogP) is -0.577. The van der Waals surface area contributed by atoms with Gasteiger partial charge in [-0.3, -0.25) is 14.6 Å². The highest BCUT2D eigenvalue weighted by Gasteiger charge is 2.28. The van der Waals surface area contributed by atoms with E-state index >= 15 is 0 Å². The van der Waals surface area contributed by atoms with Crippen molar-refractivity contribution in [3.8, 4) is 0 Å². The molecule has 0 saturated heterocycles. The average Bonchev–Trinajstić information content (AvgIpc) is 2.27. The Labute approximate surface area is 104 Å². The summed E-state index contributed by atoms with van der Waals surface area (Å²) in [6.45, 7) is 1.78. The molecule has 0 radical (unpaired) electrons. The van der Waals surface area contributed by atoms with Crippen molar-refractivity contribution in [1.29, 1.82) is 0 Å². The van der Waals surface area contributed by atoms with E-state index in [1.807, 2.05) is 4.98 Å². The van der Waals surface area contributed by atoms with E-state index < -0.39 is 28.1 Å². The highest BCUT2D eigenvalue weighted by atomic mass is 79.9. The Kier molecular flexibility index (Phi) is 4.64. The molecule has 0 aliphatic carbocycles. The Morgan fingerprint density at radius 3 is 2.76 bits per heavy atom. The molecular weight excluding hydrogens is 296 g/mol. The van der Waals surface area contributed by atoms with Gasteiger partial charge in [0.05, 0.1) is 12.2 Å². The minimum absolute atomic E-state index is 0.125. The van der Waals surface area contributed by atoms with Gasteiger partial charge in [0.15, 0.2) is 0 Å². The summed E-state index contributed by atoms with van der Waals surface area (Å²) in [6.07, 6.45) is -0.353. The van der Waals surface area contributed by atoms with E-state index in [2.05, 4.69) is 25.7 Å². The number of aromatic amines is 2. The molecule has 1 rings (SSSR count). The summed E-state index contributed by atoms with van der Waals surface area (Å²) in [6, 6.07) is 0. The molecule has 7 nitrogen and oxygen atoms in total. The van der Waals surface area contributed by atoms with Crippen molar-refractivity contribution in [3.05, 3.63) is 32.6 Å². The quantitative estimate of drug-likeness (QED) is 0.509. The molecule has 0 aliphatic heterocycles. The van der Waals surface area contributed by atoms with Gasteiger partial charge in [0, 0.05) is 6.20 Å². The maximum atomic E-state index is 11.4. The number of esters is 1. The molecule has 2 unspecified atom stereocenters. The SMILES string of the molecule is CCOC(=O)C(Br)C(O)c1c[nH]c(=O)[nH]c1=O. The summed E-state index contributed by atoms with van der Waals surface area (Å²) in [7, 11) is 0. The second-order valence-electron chi connectivity index (χ2n) is 3.13. The molecule has 3 N–H and O–H groups in total. The van der Waals surface area contributed by atoms with E-state index in [0.717, 1.165) is 6.20 Å². The average molecular weight is 307 g/mol. The first-order valence-corrected chi connectivity index (χ1v) is 5.69. The van der Waals surface area contributed by atoms with Crippen molar-refractivity contribution in [1.82, 2.24) is 9.97 Å². The first kappa shape index (κ1) is 13.7. The van der Waals surface area contributed by atoms with Crippen LogP contribution < -0.4 is 11.2 Å². The number of aliphatic hydroxyl groups excluding tert-OH is 1. The van der Waals surface area contributed by atoms with E-state index in [4.69, 9.17) is 0 Å². The van der Waals surface area contributed by atoms with Crippen LogP contribution in [0.15, 0.2) is 15.8 Å². The molecule has 0 aliphatic rings. The molecule has 0 amide bonds. The standard InChI is InChI=1S/C9H11BrN2O5/c1-2-17-8(15)5(10)6(13)4-3-11-9(16)12-7(4)14/h3,5-6,13H,2H2,1H3,(H2,11,12,14,16). The van der Waals surface area contributed by atoms with E-state index in [1.165, 1.54) is 0 Å². The van der Waals surface area contributed by atoms with Gasteiger partial charge in [-0.25, -0.2) is 4.79 Å². The van der Waals surface area contributed by atoms with Gasteiger partial charge in [0.2, 0.25) is 0 Å². The maximum absolute atomic E-state index is 11.4. The number of nitrogens with one attached hydrogen (secondary N) is 2. The van der Waals surface area contributed by atoms with Gasteiger partial charge in [-0.05, 0) is 6.92 Å². The van der Waals surface area contributed by atoms with Crippen molar-refractivity contribution in [2.45, 2.75) is 17.9 Å². The van der Waals surface area contributed by atoms with Crippen LogP contribution in [0.25, 0.3) is 0 Å². The maximum Gasteiger partial charge on any atom is 0.325 e. The van der Waals surface area contributed by atoms with Crippen LogP contribution in [0.3, 0.4) is 0 Å². The number of aromatic nitrogens is 2. The van der Waals surface area contributed by atoms with Gasteiger partial charge in [-0.2, -0.15) is 0 Å². The Morgan fingerprint density at radius 2 is 2.24 bits per heavy atom. The summed E-state index contributed by atoms with van der Waals surface area (Å²) in [4.78, 5) is 36.5. The Hall–Kier alpha value is -1.41. The number of rotatable bonds is 4. The lowest BCUT2D eigenvalue weighted by Crippen LogP contribution is -2.32. The van der Waals surface area contributed by atoms with Crippen LogP contribution in [0, 0.1) is 0 Å². The second-order valence-corrected chi connectivity index (χ2v) is 4.11. The molecule has 0 fully saturated rings. The van der Waals surface area contributed by atoms with Crippen LogP contribution in [-0.4, -0.2) is 32.5 Å². The van der Waals surface area contributed by atoms with Crippen LogP contribution in [0.5, 0.6) is 0 Å². The van der Waals surface area contributed by atoms with E-state index in [9.17, 15) is 19.5 Å². The summed E-state index contributed by atoms with van der Waals surface area (Å²) >= 11 is 2.93. The molecular formula is C9H11BrN2O5. The first-order valence-electron chi connectivity index (χ1n) is 4.78. The van der Waals surface area contributed by atoms with Gasteiger partial charge in [-0.15, -0.1) is 0 Å². The molecule has 0 spiro atoms. The Morgan fingerprint density at radius 1 is 1.59 bits per heavy atom. The van der Waals surface area contributed by atoms with Gasteiger partial charge in [0.1, 0.15) is 10.9 Å². The number of hydrogen-bond acceptors (Lipinski definition) is 5. The normalized spacial score (nSPS) is 14.1. The van der Waals surface area contributed by atoms with Crippen molar-refractivity contribution < 1.29 is 14.6 Å². The van der Waals surface area contributed by atoms with Crippen LogP contribution in [0.4, 0.5) is 0 Å². The predicted molar refractivity (Wildman–Crippen MR) is 62.0 cm³/mol. The number of H-pyrrole nitrogens is 2. The van der Waals surface area contributed by atoms with Crippen LogP contribution >= 0.6 is 15.9 Å². The number of halogens is 1. The fourth-order valence-corrected chi connectivity index (χ4v) is 1.57. The third kappa shape index (κ3) is 3.27. The van der Waals surface area contributed by atoms with Gasteiger partial charge < -0.3 is 14.8 Å². The molecule has 0 saturated carbocycles. The zero-order valence-electron chi connectivity index (χ0n) is 8.90. The van der Waals surface area contributed by atoms with Crippen molar-refractivity contribution in [2.24, 2.45) is 0 Å². The van der Waals surface area contributed by atoms with E-state index in [0.29, 0.717) is 0 Å². The summed E-state index contributed by atoms with van der Waals surface area (Å²) in [5.74, 6) is -0.689. The molecule has 94 valence electrons. The molecule has 0 aromatic carbocycles. The molecule has 17 heavy (non-hydrogen) atoms. The number of ether oxygens (including phenoxy) is 1.